The maximum atomic E-state index is 9.00. The quantitative estimate of drug-likeness (QED) is 0.0436. The van der Waals surface area contributed by atoms with E-state index in [9.17, 15) is 0 Å². The van der Waals surface area contributed by atoms with Crippen LogP contribution in [0, 0.1) is 0 Å². The Hall–Kier alpha value is -5.02. The number of hydrogen-bond acceptors (Lipinski definition) is 16. The second kappa shape index (κ2) is 38.9. The summed E-state index contributed by atoms with van der Waals surface area (Å²) < 4.78 is 9.47. The number of para-hydroxylation sites is 2. The van der Waals surface area contributed by atoms with E-state index in [1.807, 2.05) is 36.7 Å². The van der Waals surface area contributed by atoms with Crippen molar-refractivity contribution >= 4 is 119 Å². The Morgan fingerprint density at radius 3 is 1.61 bits per heavy atom. The summed E-state index contributed by atoms with van der Waals surface area (Å²) in [7, 11) is 1.83. The van der Waals surface area contributed by atoms with Gasteiger partial charge in [0.2, 0.25) is 0 Å². The van der Waals surface area contributed by atoms with E-state index in [1.54, 1.807) is 24.7 Å². The van der Waals surface area contributed by atoms with Gasteiger partial charge in [-0.05, 0) is 175 Å². The fraction of sp³-hybridized carbons (Fsp3) is 0.533. The van der Waals surface area contributed by atoms with Gasteiger partial charge in [0.25, 0.3) is 9.22 Å². The number of halogens is 5. The molecular weight excluding hydrogens is 1310 g/mol. The first-order chi connectivity index (χ1) is 42.4. The van der Waals surface area contributed by atoms with E-state index in [0.29, 0.717) is 11.5 Å². The van der Waals surface area contributed by atoms with Gasteiger partial charge in [-0.15, -0.1) is 0 Å². The van der Waals surface area contributed by atoms with E-state index in [4.69, 9.17) is 81.4 Å². The van der Waals surface area contributed by atoms with Gasteiger partial charge in [-0.2, -0.15) is 0 Å². The van der Waals surface area contributed by atoms with Gasteiger partial charge < -0.3 is 48.9 Å². The minimum atomic E-state index is -1.61. The molecule has 1 radical (unpaired) electrons. The Bertz CT molecular complexity index is 3300. The predicted molar refractivity (Wildman–Crippen MR) is 367 cm³/mol. The molecule has 7 aromatic heterocycles. The zero-order chi connectivity index (χ0) is 63.0. The first-order valence-electron chi connectivity index (χ1n) is 29.9. The van der Waals surface area contributed by atoms with Crippen LogP contribution in [-0.4, -0.2) is 125 Å². The molecule has 485 valence electrons. The number of aromatic amines is 2. The topological polar surface area (TPSA) is 293 Å². The van der Waals surface area contributed by atoms with Crippen LogP contribution < -0.4 is 5.46 Å². The van der Waals surface area contributed by atoms with Gasteiger partial charge in [0.05, 0.1) is 58.4 Å². The van der Waals surface area contributed by atoms with Crippen LogP contribution in [0.5, 0.6) is 0 Å². The normalized spacial score (nSPS) is 16.0. The molecule has 8 aliphatic rings. The molecule has 0 unspecified atom stereocenters. The first kappa shape index (κ1) is 75.7. The van der Waals surface area contributed by atoms with Crippen molar-refractivity contribution in [2.24, 2.45) is 4.30 Å². The van der Waals surface area contributed by atoms with Crippen LogP contribution in [0.1, 0.15) is 188 Å². The average Bonchev–Trinajstić information content (AvgIpc) is 1.65. The van der Waals surface area contributed by atoms with Gasteiger partial charge in [0.15, 0.2) is 4.73 Å². The summed E-state index contributed by atoms with van der Waals surface area (Å²) in [4.78, 5) is 52.8. The Balaban J connectivity index is 0.000000188. The van der Waals surface area contributed by atoms with Crippen molar-refractivity contribution in [1.82, 2.24) is 68.5 Å². The van der Waals surface area contributed by atoms with Crippen molar-refractivity contribution in [2.75, 3.05) is 0 Å². The molecule has 21 nitrogen and oxygen atoms in total. The SMILES string of the molecule is Brc1nc2c(n1C1CC1)CCCC2.C.C.CC(=O)O.ClC(Cl)(Cl)Cl.OB(O)C1CC1.OB(O)c1cncnc1.[B]=NS.c1ccc2[nH]cnc2c1.c1nc2c([nH]1)CCCC2.c1nc2c(n1C1CC1)CCCC2.c1ncc(-c2nc3c(n2C2CC2)CCCC3)cn1. The van der Waals surface area contributed by atoms with Gasteiger partial charge in [-0.1, -0.05) is 86.2 Å². The number of nitrogens with zero attached hydrogens (tertiary/aromatic N) is 13. The van der Waals surface area contributed by atoms with Crippen molar-refractivity contribution in [1.29, 1.82) is 0 Å². The second-order valence-electron chi connectivity index (χ2n) is 22.1. The van der Waals surface area contributed by atoms with E-state index in [2.05, 4.69) is 111 Å². The van der Waals surface area contributed by atoms with Crippen LogP contribution in [0.4, 0.5) is 0 Å². The number of carbonyl (C=O) groups is 1. The number of aromatic nitrogens is 14. The molecule has 7 heterocycles. The summed E-state index contributed by atoms with van der Waals surface area (Å²) in [5, 5.41) is 40.9. The molecule has 8 aromatic rings. The second-order valence-corrected chi connectivity index (χ2v) is 26.5. The fourth-order valence-electron chi connectivity index (χ4n) is 10.4. The Labute approximate surface area is 564 Å². The van der Waals surface area contributed by atoms with Gasteiger partial charge in [-0.25, -0.2) is 44.9 Å². The molecule has 16 rings (SSSR count). The van der Waals surface area contributed by atoms with Crippen LogP contribution >= 0.6 is 75.1 Å². The Morgan fingerprint density at radius 1 is 0.644 bits per heavy atom. The molecule has 0 bridgehead atoms. The molecule has 0 aliphatic heterocycles. The number of H-pyrrole nitrogens is 2. The minimum absolute atomic E-state index is 0. The zero-order valence-corrected chi connectivity index (χ0v) is 54.8. The fourth-order valence-corrected chi connectivity index (χ4v) is 11.1. The van der Waals surface area contributed by atoms with E-state index in [1.165, 1.54) is 193 Å². The first-order valence-corrected chi connectivity index (χ1v) is 32.7. The number of imidazole rings is 5. The van der Waals surface area contributed by atoms with Crippen LogP contribution in [0.25, 0.3) is 22.4 Å². The largest absolute Gasteiger partial charge is 0.348 e. The summed E-state index contributed by atoms with van der Waals surface area (Å²) >= 11 is 26.1. The van der Waals surface area contributed by atoms with Gasteiger partial charge >= 0.3 is 39.0 Å². The molecule has 0 atom stereocenters. The van der Waals surface area contributed by atoms with Gasteiger partial charge in [-0.3, -0.25) is 4.79 Å². The van der Waals surface area contributed by atoms with Crippen molar-refractivity contribution in [3.8, 4) is 11.4 Å². The summed E-state index contributed by atoms with van der Waals surface area (Å²) in [6.07, 6.45) is 45.2. The van der Waals surface area contributed by atoms with Crippen molar-refractivity contribution in [3.63, 3.8) is 0 Å². The third-order valence-corrected chi connectivity index (χ3v) is 15.6. The molecule has 0 spiro atoms. The molecular formula is C60H84B3BrCl4N15O6S. The number of carboxylic acid groups (broad SMARTS) is 1. The number of thiol groups is 1. The van der Waals surface area contributed by atoms with Gasteiger partial charge in [0, 0.05) is 78.1 Å². The number of fused-ring (bicyclic) bond motifs is 5. The number of nitrogens with one attached hydrogen (secondary N) is 2. The maximum absolute atomic E-state index is 9.00. The average molecular weight is 1400 g/mol. The van der Waals surface area contributed by atoms with Crippen molar-refractivity contribution in [2.45, 2.75) is 203 Å². The molecule has 0 amide bonds. The van der Waals surface area contributed by atoms with E-state index >= 15 is 0 Å². The third kappa shape index (κ3) is 25.8. The van der Waals surface area contributed by atoms with Gasteiger partial charge in [0.1, 0.15) is 18.5 Å². The number of rotatable bonds is 6. The maximum Gasteiger partial charge on any atom is 0.143 e. The van der Waals surface area contributed by atoms with Crippen molar-refractivity contribution in [3.05, 3.63) is 131 Å². The molecule has 8 aliphatic carbocycles. The molecule has 0 saturated heterocycles. The molecule has 30 heteroatoms. The number of benzene rings is 1. The summed E-state index contributed by atoms with van der Waals surface area (Å²) in [6, 6.07) is 10.2. The Kier molecular flexibility index (Phi) is 32.7. The number of alkyl halides is 4. The number of hydrogen-bond donors (Lipinski definition) is 8. The van der Waals surface area contributed by atoms with Crippen LogP contribution in [0.2, 0.25) is 5.82 Å². The summed E-state index contributed by atoms with van der Waals surface area (Å²) in [6.45, 7) is 1.08. The van der Waals surface area contributed by atoms with E-state index in [-0.39, 0.29) is 20.7 Å². The van der Waals surface area contributed by atoms with Crippen LogP contribution in [0.3, 0.4) is 0 Å². The predicted octanol–water partition coefficient (Wildman–Crippen LogP) is 12.2. The number of carboxylic acids is 1. The molecule has 1 aromatic carbocycles. The van der Waals surface area contributed by atoms with E-state index < -0.39 is 23.5 Å². The smallest absolute Gasteiger partial charge is 0.143 e. The number of aryl methyl sites for hydroxylation is 5. The summed E-state index contributed by atoms with van der Waals surface area (Å²) in [5.74, 6) is 0.468. The monoisotopic (exact) mass is 1390 g/mol. The molecule has 90 heavy (non-hydrogen) atoms. The molecule has 4 saturated carbocycles. The van der Waals surface area contributed by atoms with Crippen molar-refractivity contribution < 1.29 is 30.0 Å². The van der Waals surface area contributed by atoms with Crippen LogP contribution in [0.15, 0.2) is 89.7 Å². The summed E-state index contributed by atoms with van der Waals surface area (Å²) in [5.41, 5.74) is 14.7. The minimum Gasteiger partial charge on any atom is -0.348 e. The van der Waals surface area contributed by atoms with Crippen LogP contribution in [-0.2, 0) is 56.2 Å². The zero-order valence-electron chi connectivity index (χ0n) is 49.3. The Morgan fingerprint density at radius 2 is 1.11 bits per heavy atom. The molecule has 4 fully saturated rings. The standard InChI is InChI=1S/C14H16N4.C10H13BrN2.C10H14N2.C7H10N2.C7H6N2.C4H5BN2O2.C3H7BO2.C2H4O2.CCl4.2CH4.BHNS/c1-2-4-13-12(3-1)17-14(18(13)11-5-6-11)10-7-15-9-16-8-10;11-10-12-8-3-1-2-4-9(8)13(10)7-5-6-7;1-2-4-10-9(3-1)11-7-12(10)8-5-6-8;2*1-2-4-7-6(3-1)8-5-9-7;8-5(9)4-1-6-3-7-2-4;5-4(6)3-1-2-3;1-2(3)4;2-1(3,4)5;;;1-2-3/h7-9,11H,1-6H2;7H,1-6H2;7-8H,1-6H2;5H,1-4H2,(H,8,9);1-5H,(H,8,9);1-3,8-9H;3,5-6H,1-2H2;1H3,(H,3,4);;2*1H4;3H. The third-order valence-electron chi connectivity index (χ3n) is 15.1. The van der Waals surface area contributed by atoms with E-state index in [0.717, 1.165) is 65.4 Å². The number of aliphatic carboxylic acids is 1. The molecule has 7 N–H and O–H groups in total.